The summed E-state index contributed by atoms with van der Waals surface area (Å²) >= 11 is 0. The van der Waals surface area contributed by atoms with Crippen LogP contribution in [0.25, 0.3) is 109 Å². The molecule has 0 aromatic heterocycles. The number of rotatable bonds is 4. The zero-order chi connectivity index (χ0) is 37.3. The van der Waals surface area contributed by atoms with Gasteiger partial charge in [0.05, 0.1) is 0 Å². The quantitative estimate of drug-likeness (QED) is 0.126. The average molecular weight is 715 g/mol. The highest BCUT2D eigenvalue weighted by Gasteiger charge is 2.20. The fourth-order valence-electron chi connectivity index (χ4n) is 9.01. The predicted octanol–water partition coefficient (Wildman–Crippen LogP) is 15.7. The summed E-state index contributed by atoms with van der Waals surface area (Å²) in [5.74, 6) is -0.234. The third-order valence-electron chi connectivity index (χ3n) is 11.7. The molecule has 262 valence electrons. The molecule has 0 fully saturated rings. The van der Waals surface area contributed by atoms with E-state index in [-0.39, 0.29) is 5.82 Å². The lowest BCUT2D eigenvalue weighted by atomic mass is 9.82. The Balaban J connectivity index is 1.34. The molecule has 0 bridgehead atoms. The third-order valence-corrected chi connectivity index (χ3v) is 11.7. The summed E-state index contributed by atoms with van der Waals surface area (Å²) in [6, 6.07) is 69.6. The average Bonchev–Trinajstić information content (AvgIpc) is 3.25. The minimum Gasteiger partial charge on any atom is -0.207 e. The molecular weight excluding hydrogens is 680 g/mol. The number of hydrogen-bond donors (Lipinski definition) is 0. The van der Waals surface area contributed by atoms with E-state index >= 15 is 0 Å². The van der Waals surface area contributed by atoms with Crippen molar-refractivity contribution in [1.29, 1.82) is 0 Å². The lowest BCUT2D eigenvalue weighted by Crippen LogP contribution is -1.93. The van der Waals surface area contributed by atoms with E-state index in [1.165, 1.54) is 98.2 Å². The molecule has 0 saturated heterocycles. The number of fused-ring (bicyclic) bond motifs is 8. The number of benzene rings is 11. The molecule has 0 heterocycles. The highest BCUT2D eigenvalue weighted by Crippen LogP contribution is 2.48. The molecule has 11 aromatic carbocycles. The van der Waals surface area contributed by atoms with E-state index < -0.39 is 0 Å². The molecule has 0 aliphatic heterocycles. The predicted molar refractivity (Wildman–Crippen MR) is 238 cm³/mol. The number of aryl methyl sites for hydroxylation is 1. The first-order chi connectivity index (χ1) is 27.6. The second-order valence-electron chi connectivity index (χ2n) is 15.1. The van der Waals surface area contributed by atoms with E-state index in [1.807, 2.05) is 12.1 Å². The van der Waals surface area contributed by atoms with E-state index in [0.717, 1.165) is 16.5 Å². The van der Waals surface area contributed by atoms with Crippen molar-refractivity contribution in [1.82, 2.24) is 0 Å². The fourth-order valence-corrected chi connectivity index (χ4v) is 9.01. The standard InChI is InChI=1S/C55H35F/c1-34-18-20-36(21-19-34)40-31-51(50-29-38-10-2-4-12-43(38)46-14-6-8-16-48(46)50)52-33-41-28-37(35-22-25-42(56)26-23-35)24-27-45(41)55(54(52)32-40)53-30-39-11-3-5-13-44(39)47-15-7-9-17-49(47)53/h2-33H,1H3. The maximum atomic E-state index is 14.1. The summed E-state index contributed by atoms with van der Waals surface area (Å²) in [6.45, 7) is 2.14. The minimum atomic E-state index is -0.234. The van der Waals surface area contributed by atoms with Crippen LogP contribution in [0.3, 0.4) is 0 Å². The molecule has 0 radical (unpaired) electrons. The smallest absolute Gasteiger partial charge is 0.123 e. The molecule has 0 saturated carbocycles. The Bertz CT molecular complexity index is 3350. The SMILES string of the molecule is Cc1ccc(-c2cc(-c3cc4ccccc4c4ccccc34)c3cc4cc(-c5ccc(F)cc5)ccc4c(-c4cc5ccccc5c5ccccc45)c3c2)cc1. The van der Waals surface area contributed by atoms with Crippen molar-refractivity contribution < 1.29 is 4.39 Å². The molecule has 1 heteroatoms. The van der Waals surface area contributed by atoms with Gasteiger partial charge in [-0.2, -0.15) is 0 Å². The molecule has 0 atom stereocenters. The lowest BCUT2D eigenvalue weighted by molar-refractivity contribution is 0.628. The van der Waals surface area contributed by atoms with Crippen LogP contribution in [0.1, 0.15) is 5.56 Å². The van der Waals surface area contributed by atoms with Gasteiger partial charge in [-0.3, -0.25) is 0 Å². The highest BCUT2D eigenvalue weighted by atomic mass is 19.1. The monoisotopic (exact) mass is 714 g/mol. The third kappa shape index (κ3) is 5.20. The first kappa shape index (κ1) is 32.3. The van der Waals surface area contributed by atoms with Gasteiger partial charge in [-0.05, 0) is 165 Å². The molecule has 11 aromatic rings. The normalized spacial score (nSPS) is 11.8. The second-order valence-corrected chi connectivity index (χ2v) is 15.1. The molecule has 0 spiro atoms. The topological polar surface area (TPSA) is 0 Å². The van der Waals surface area contributed by atoms with Crippen LogP contribution < -0.4 is 0 Å². The van der Waals surface area contributed by atoms with Crippen LogP contribution in [0.15, 0.2) is 194 Å². The van der Waals surface area contributed by atoms with Crippen LogP contribution >= 0.6 is 0 Å². The maximum Gasteiger partial charge on any atom is 0.123 e. The van der Waals surface area contributed by atoms with E-state index in [9.17, 15) is 4.39 Å². The molecule has 0 nitrogen and oxygen atoms in total. The van der Waals surface area contributed by atoms with Crippen LogP contribution in [0.4, 0.5) is 4.39 Å². The van der Waals surface area contributed by atoms with Crippen LogP contribution in [0.2, 0.25) is 0 Å². The van der Waals surface area contributed by atoms with Gasteiger partial charge in [0.15, 0.2) is 0 Å². The molecule has 0 aliphatic carbocycles. The van der Waals surface area contributed by atoms with Gasteiger partial charge >= 0.3 is 0 Å². The van der Waals surface area contributed by atoms with E-state index in [0.29, 0.717) is 0 Å². The lowest BCUT2D eigenvalue weighted by Gasteiger charge is -2.21. The Hall–Kier alpha value is -7.09. The van der Waals surface area contributed by atoms with Gasteiger partial charge in [0.25, 0.3) is 0 Å². The van der Waals surface area contributed by atoms with Crippen molar-refractivity contribution in [3.63, 3.8) is 0 Å². The first-order valence-corrected chi connectivity index (χ1v) is 19.3. The van der Waals surface area contributed by atoms with E-state index in [4.69, 9.17) is 0 Å². The van der Waals surface area contributed by atoms with Gasteiger partial charge in [0.2, 0.25) is 0 Å². The Morgan fingerprint density at radius 1 is 0.286 bits per heavy atom. The largest absolute Gasteiger partial charge is 0.207 e. The Morgan fingerprint density at radius 3 is 1.45 bits per heavy atom. The summed E-state index contributed by atoms with van der Waals surface area (Å²) in [4.78, 5) is 0. The van der Waals surface area contributed by atoms with Gasteiger partial charge in [-0.15, -0.1) is 0 Å². The van der Waals surface area contributed by atoms with Crippen molar-refractivity contribution in [2.45, 2.75) is 6.92 Å². The summed E-state index contributed by atoms with van der Waals surface area (Å²) in [7, 11) is 0. The van der Waals surface area contributed by atoms with Gasteiger partial charge in [0.1, 0.15) is 5.82 Å². The van der Waals surface area contributed by atoms with Crippen LogP contribution in [0, 0.1) is 12.7 Å². The summed E-state index contributed by atoms with van der Waals surface area (Å²) in [5.41, 5.74) is 10.5. The molecule has 0 amide bonds. The minimum absolute atomic E-state index is 0.234. The zero-order valence-corrected chi connectivity index (χ0v) is 30.9. The Kier molecular flexibility index (Phi) is 7.37. The fraction of sp³-hybridized carbons (Fsp3) is 0.0182. The van der Waals surface area contributed by atoms with Gasteiger partial charge < -0.3 is 0 Å². The Labute approximate surface area is 324 Å². The summed E-state index contributed by atoms with van der Waals surface area (Å²) in [5, 5.41) is 14.6. The van der Waals surface area contributed by atoms with Crippen LogP contribution in [-0.4, -0.2) is 0 Å². The molecule has 0 unspecified atom stereocenters. The maximum absolute atomic E-state index is 14.1. The molecule has 0 aliphatic rings. The molecule has 56 heavy (non-hydrogen) atoms. The van der Waals surface area contributed by atoms with Gasteiger partial charge in [-0.1, -0.05) is 151 Å². The summed E-state index contributed by atoms with van der Waals surface area (Å²) < 4.78 is 14.1. The Morgan fingerprint density at radius 2 is 0.786 bits per heavy atom. The molecule has 11 rings (SSSR count). The van der Waals surface area contributed by atoms with Gasteiger partial charge in [0, 0.05) is 0 Å². The van der Waals surface area contributed by atoms with Crippen LogP contribution in [0.5, 0.6) is 0 Å². The van der Waals surface area contributed by atoms with Gasteiger partial charge in [-0.25, -0.2) is 4.39 Å². The number of halogens is 1. The van der Waals surface area contributed by atoms with E-state index in [2.05, 4.69) is 177 Å². The second kappa shape index (κ2) is 12.8. The van der Waals surface area contributed by atoms with Crippen molar-refractivity contribution in [3.8, 4) is 44.5 Å². The zero-order valence-electron chi connectivity index (χ0n) is 30.9. The van der Waals surface area contributed by atoms with Crippen molar-refractivity contribution in [3.05, 3.63) is 206 Å². The highest BCUT2D eigenvalue weighted by molar-refractivity contribution is 6.25. The van der Waals surface area contributed by atoms with Crippen molar-refractivity contribution in [2.75, 3.05) is 0 Å². The van der Waals surface area contributed by atoms with E-state index in [1.54, 1.807) is 12.1 Å². The first-order valence-electron chi connectivity index (χ1n) is 19.3. The van der Waals surface area contributed by atoms with Crippen molar-refractivity contribution >= 4 is 64.6 Å². The molecular formula is C55H35F. The number of hydrogen-bond acceptors (Lipinski definition) is 0. The van der Waals surface area contributed by atoms with Crippen LogP contribution in [-0.2, 0) is 0 Å². The van der Waals surface area contributed by atoms with Crippen molar-refractivity contribution in [2.24, 2.45) is 0 Å². The molecule has 0 N–H and O–H groups in total. The summed E-state index contributed by atoms with van der Waals surface area (Å²) in [6.07, 6.45) is 0.